The van der Waals surface area contributed by atoms with Gasteiger partial charge in [-0.2, -0.15) is 0 Å². The molecule has 2 nitrogen and oxygen atoms in total. The molecule has 0 bridgehead atoms. The Labute approximate surface area is 112 Å². The van der Waals surface area contributed by atoms with Gasteiger partial charge in [0.2, 0.25) is 0 Å². The number of rotatable bonds is 8. The van der Waals surface area contributed by atoms with E-state index in [1.807, 2.05) is 13.8 Å². The van der Waals surface area contributed by atoms with Crippen LogP contribution in [0.2, 0.25) is 0 Å². The maximum Gasteiger partial charge on any atom is 0.0718 e. The van der Waals surface area contributed by atoms with E-state index in [1.54, 1.807) is 0 Å². The lowest BCUT2D eigenvalue weighted by molar-refractivity contribution is 0.0374. The first-order valence-electron chi connectivity index (χ1n) is 7.00. The molecule has 0 amide bonds. The molecule has 1 N–H and O–H groups in total. The van der Waals surface area contributed by atoms with Crippen molar-refractivity contribution in [2.24, 2.45) is 0 Å². The summed E-state index contributed by atoms with van der Waals surface area (Å²) in [5.41, 5.74) is 0.832. The summed E-state index contributed by atoms with van der Waals surface area (Å²) in [4.78, 5) is 2.32. The van der Waals surface area contributed by atoms with Crippen LogP contribution >= 0.6 is 0 Å². The minimum atomic E-state index is -0.588. The molecule has 2 heteroatoms. The number of hydrogen-bond donors (Lipinski definition) is 1. The molecule has 0 fully saturated rings. The molecule has 0 aliphatic rings. The summed E-state index contributed by atoms with van der Waals surface area (Å²) in [7, 11) is 0. The van der Waals surface area contributed by atoms with Gasteiger partial charge in [0.25, 0.3) is 0 Å². The van der Waals surface area contributed by atoms with Gasteiger partial charge >= 0.3 is 0 Å². The highest BCUT2D eigenvalue weighted by atomic mass is 16.3. The van der Waals surface area contributed by atoms with Crippen LogP contribution in [-0.4, -0.2) is 35.2 Å². The van der Waals surface area contributed by atoms with Crippen LogP contribution in [0.1, 0.15) is 39.2 Å². The molecule has 0 aliphatic carbocycles. The normalized spacial score (nSPS) is 12.1. The first-order chi connectivity index (χ1) is 8.51. The fourth-order valence-corrected chi connectivity index (χ4v) is 2.21. The van der Waals surface area contributed by atoms with Crippen LogP contribution in [0, 0.1) is 0 Å². The van der Waals surface area contributed by atoms with E-state index in [0.717, 1.165) is 26.1 Å². The zero-order valence-corrected chi connectivity index (χ0v) is 12.0. The van der Waals surface area contributed by atoms with Crippen LogP contribution in [-0.2, 0) is 6.42 Å². The molecule has 0 spiro atoms. The van der Waals surface area contributed by atoms with Crippen LogP contribution in [0.4, 0.5) is 0 Å². The first-order valence-corrected chi connectivity index (χ1v) is 7.00. The predicted octanol–water partition coefficient (Wildman–Crippen LogP) is 3.10. The number of likely N-dealkylation sites (N-methyl/N-ethyl adjacent to an activating group) is 1. The van der Waals surface area contributed by atoms with Gasteiger partial charge in [0.05, 0.1) is 5.60 Å². The third kappa shape index (κ3) is 6.77. The summed E-state index contributed by atoms with van der Waals surface area (Å²) in [5.74, 6) is 0. The summed E-state index contributed by atoms with van der Waals surface area (Å²) >= 11 is 0. The Bertz CT molecular complexity index is 316. The molecule has 0 aliphatic heterocycles. The van der Waals surface area contributed by atoms with Crippen molar-refractivity contribution < 1.29 is 5.11 Å². The standard InChI is InChI=1S/C16H27NO/c1-4-17(14-16(2,3)18)13-9-8-12-15-10-6-5-7-11-15/h5-7,10-11,18H,4,8-9,12-14H2,1-3H3. The maximum absolute atomic E-state index is 9.81. The van der Waals surface area contributed by atoms with Crippen molar-refractivity contribution >= 4 is 0 Å². The minimum absolute atomic E-state index is 0.588. The molecule has 0 radical (unpaired) electrons. The smallest absolute Gasteiger partial charge is 0.0718 e. The third-order valence-electron chi connectivity index (χ3n) is 3.09. The minimum Gasteiger partial charge on any atom is -0.389 e. The van der Waals surface area contributed by atoms with Crippen molar-refractivity contribution in [3.8, 4) is 0 Å². The van der Waals surface area contributed by atoms with E-state index in [4.69, 9.17) is 0 Å². The highest BCUT2D eigenvalue weighted by Crippen LogP contribution is 2.08. The zero-order valence-electron chi connectivity index (χ0n) is 12.0. The SMILES string of the molecule is CCN(CCCCc1ccccc1)CC(C)(C)O. The molecular weight excluding hydrogens is 222 g/mol. The van der Waals surface area contributed by atoms with E-state index in [1.165, 1.54) is 18.4 Å². The Kier molecular flexibility index (Phi) is 6.37. The summed E-state index contributed by atoms with van der Waals surface area (Å²) in [6.45, 7) is 8.75. The van der Waals surface area contributed by atoms with Crippen molar-refractivity contribution in [3.63, 3.8) is 0 Å². The summed E-state index contributed by atoms with van der Waals surface area (Å²) in [6, 6.07) is 10.6. The number of aliphatic hydroxyl groups is 1. The molecule has 1 aromatic rings. The maximum atomic E-state index is 9.81. The van der Waals surface area contributed by atoms with Crippen LogP contribution in [0.25, 0.3) is 0 Å². The van der Waals surface area contributed by atoms with Gasteiger partial charge in [0, 0.05) is 6.54 Å². The largest absolute Gasteiger partial charge is 0.389 e. The summed E-state index contributed by atoms with van der Waals surface area (Å²) in [6.07, 6.45) is 3.56. The predicted molar refractivity (Wildman–Crippen MR) is 77.8 cm³/mol. The van der Waals surface area contributed by atoms with Crippen LogP contribution in [0.3, 0.4) is 0 Å². The van der Waals surface area contributed by atoms with E-state index in [-0.39, 0.29) is 0 Å². The van der Waals surface area contributed by atoms with Crippen molar-refractivity contribution in [2.45, 2.75) is 45.6 Å². The molecule has 1 rings (SSSR count). The van der Waals surface area contributed by atoms with Gasteiger partial charge in [0.1, 0.15) is 0 Å². The zero-order chi connectivity index (χ0) is 13.4. The fraction of sp³-hybridized carbons (Fsp3) is 0.625. The average Bonchev–Trinajstić information content (AvgIpc) is 2.33. The number of nitrogens with zero attached hydrogens (tertiary/aromatic N) is 1. The van der Waals surface area contributed by atoms with Gasteiger partial charge in [-0.25, -0.2) is 0 Å². The molecule has 1 aromatic carbocycles. The monoisotopic (exact) mass is 249 g/mol. The van der Waals surface area contributed by atoms with Crippen LogP contribution in [0.15, 0.2) is 30.3 Å². The Balaban J connectivity index is 2.20. The summed E-state index contributed by atoms with van der Waals surface area (Å²) < 4.78 is 0. The quantitative estimate of drug-likeness (QED) is 0.716. The molecule has 0 unspecified atom stereocenters. The molecule has 18 heavy (non-hydrogen) atoms. The Morgan fingerprint density at radius 3 is 2.33 bits per heavy atom. The van der Waals surface area contributed by atoms with E-state index in [2.05, 4.69) is 42.2 Å². The van der Waals surface area contributed by atoms with E-state index in [9.17, 15) is 5.11 Å². The molecule has 0 heterocycles. The Morgan fingerprint density at radius 2 is 1.78 bits per heavy atom. The fourth-order valence-electron chi connectivity index (χ4n) is 2.21. The lowest BCUT2D eigenvalue weighted by Gasteiger charge is -2.27. The van der Waals surface area contributed by atoms with Gasteiger partial charge in [-0.05, 0) is 51.8 Å². The molecule has 0 atom stereocenters. The topological polar surface area (TPSA) is 23.5 Å². The van der Waals surface area contributed by atoms with Gasteiger partial charge in [0.15, 0.2) is 0 Å². The van der Waals surface area contributed by atoms with Crippen molar-refractivity contribution in [1.82, 2.24) is 4.90 Å². The van der Waals surface area contributed by atoms with Gasteiger partial charge in [-0.1, -0.05) is 37.3 Å². The summed E-state index contributed by atoms with van der Waals surface area (Å²) in [5, 5.41) is 9.81. The first kappa shape index (κ1) is 15.2. The highest BCUT2D eigenvalue weighted by Gasteiger charge is 2.16. The molecule has 102 valence electrons. The second-order valence-electron chi connectivity index (χ2n) is 5.62. The molecule has 0 saturated carbocycles. The van der Waals surface area contributed by atoms with Gasteiger partial charge in [-0.3, -0.25) is 0 Å². The lowest BCUT2D eigenvalue weighted by Crippen LogP contribution is -2.39. The van der Waals surface area contributed by atoms with Gasteiger partial charge in [-0.15, -0.1) is 0 Å². The van der Waals surface area contributed by atoms with E-state index >= 15 is 0 Å². The van der Waals surface area contributed by atoms with Gasteiger partial charge < -0.3 is 10.0 Å². The van der Waals surface area contributed by atoms with Crippen molar-refractivity contribution in [2.75, 3.05) is 19.6 Å². The molecule has 0 saturated heterocycles. The Morgan fingerprint density at radius 1 is 1.11 bits per heavy atom. The van der Waals surface area contributed by atoms with Crippen molar-refractivity contribution in [1.29, 1.82) is 0 Å². The number of aryl methyl sites for hydroxylation is 1. The number of benzene rings is 1. The van der Waals surface area contributed by atoms with Crippen LogP contribution < -0.4 is 0 Å². The molecule has 0 aromatic heterocycles. The Hall–Kier alpha value is -0.860. The number of unbranched alkanes of at least 4 members (excludes halogenated alkanes) is 1. The third-order valence-corrected chi connectivity index (χ3v) is 3.09. The second kappa shape index (κ2) is 7.55. The van der Waals surface area contributed by atoms with Crippen LogP contribution in [0.5, 0.6) is 0 Å². The average molecular weight is 249 g/mol. The number of hydrogen-bond acceptors (Lipinski definition) is 2. The van der Waals surface area contributed by atoms with E-state index < -0.39 is 5.60 Å². The highest BCUT2D eigenvalue weighted by molar-refractivity contribution is 5.14. The molecular formula is C16H27NO. The van der Waals surface area contributed by atoms with E-state index in [0.29, 0.717) is 0 Å². The second-order valence-corrected chi connectivity index (χ2v) is 5.62. The van der Waals surface area contributed by atoms with Crippen molar-refractivity contribution in [3.05, 3.63) is 35.9 Å². The lowest BCUT2D eigenvalue weighted by atomic mass is 10.1.